The number of halogens is 1. The number of benzene rings is 2. The summed E-state index contributed by atoms with van der Waals surface area (Å²) in [4.78, 5) is 4.45. The highest BCUT2D eigenvalue weighted by atomic mass is 32.2. The minimum Gasteiger partial charge on any atom is -0.266 e. The Labute approximate surface area is 153 Å². The van der Waals surface area contributed by atoms with Gasteiger partial charge in [0.2, 0.25) is 0 Å². The lowest BCUT2D eigenvalue weighted by Crippen LogP contribution is -2.33. The van der Waals surface area contributed by atoms with E-state index in [1.165, 1.54) is 28.6 Å². The van der Waals surface area contributed by atoms with Crippen molar-refractivity contribution in [1.82, 2.24) is 4.98 Å². The molecule has 0 aliphatic rings. The van der Waals surface area contributed by atoms with E-state index in [2.05, 4.69) is 4.98 Å². The maximum atomic E-state index is 13.3. The molecule has 0 unspecified atom stereocenters. The molecule has 134 valence electrons. The Kier molecular flexibility index (Phi) is 5.32. The van der Waals surface area contributed by atoms with Crippen molar-refractivity contribution in [1.29, 1.82) is 0 Å². The molecule has 0 aliphatic carbocycles. The van der Waals surface area contributed by atoms with Crippen molar-refractivity contribution in [2.75, 3.05) is 10.8 Å². The van der Waals surface area contributed by atoms with Gasteiger partial charge in [0.05, 0.1) is 10.6 Å². The number of nitrogens with zero attached hydrogens (tertiary/aromatic N) is 2. The van der Waals surface area contributed by atoms with Gasteiger partial charge in [0.15, 0.2) is 0 Å². The summed E-state index contributed by atoms with van der Waals surface area (Å²) < 4.78 is 40.9. The van der Waals surface area contributed by atoms with E-state index < -0.39 is 15.8 Å². The average Bonchev–Trinajstić information content (AvgIpc) is 2.64. The van der Waals surface area contributed by atoms with Gasteiger partial charge in [0, 0.05) is 24.9 Å². The first-order chi connectivity index (χ1) is 12.5. The summed E-state index contributed by atoms with van der Waals surface area (Å²) in [6.07, 6.45) is 2.12. The van der Waals surface area contributed by atoms with Crippen molar-refractivity contribution in [2.24, 2.45) is 0 Å². The second-order valence-electron chi connectivity index (χ2n) is 5.94. The maximum absolute atomic E-state index is 13.3. The van der Waals surface area contributed by atoms with Crippen molar-refractivity contribution in [2.45, 2.75) is 18.2 Å². The van der Waals surface area contributed by atoms with E-state index in [4.69, 9.17) is 0 Å². The summed E-state index contributed by atoms with van der Waals surface area (Å²) in [6, 6.07) is 17.7. The third kappa shape index (κ3) is 4.08. The molecule has 0 radical (unpaired) electrons. The summed E-state index contributed by atoms with van der Waals surface area (Å²) in [6.45, 7) is 2.11. The average molecular weight is 370 g/mol. The Bertz CT molecular complexity index is 957. The van der Waals surface area contributed by atoms with Crippen molar-refractivity contribution < 1.29 is 12.8 Å². The van der Waals surface area contributed by atoms with Crippen LogP contribution in [0.2, 0.25) is 0 Å². The van der Waals surface area contributed by atoms with Gasteiger partial charge in [-0.3, -0.25) is 9.29 Å². The van der Waals surface area contributed by atoms with Crippen LogP contribution in [0.1, 0.15) is 11.3 Å². The zero-order chi connectivity index (χ0) is 18.6. The summed E-state index contributed by atoms with van der Waals surface area (Å²) in [5, 5.41) is 0. The first kappa shape index (κ1) is 18.1. The molecule has 0 spiro atoms. The van der Waals surface area contributed by atoms with Crippen molar-refractivity contribution in [3.63, 3.8) is 0 Å². The molecule has 0 amide bonds. The molecule has 0 fully saturated rings. The van der Waals surface area contributed by atoms with Gasteiger partial charge in [-0.05, 0) is 55.5 Å². The molecule has 0 atom stereocenters. The minimum atomic E-state index is -3.77. The molecule has 0 aliphatic heterocycles. The highest BCUT2D eigenvalue weighted by molar-refractivity contribution is 7.92. The van der Waals surface area contributed by atoms with Gasteiger partial charge in [-0.15, -0.1) is 0 Å². The largest absolute Gasteiger partial charge is 0.266 e. The zero-order valence-corrected chi connectivity index (χ0v) is 15.2. The predicted octanol–water partition coefficient (Wildman–Crippen LogP) is 3.97. The molecule has 0 saturated carbocycles. The van der Waals surface area contributed by atoms with E-state index in [0.29, 0.717) is 12.1 Å². The van der Waals surface area contributed by atoms with E-state index >= 15 is 0 Å². The van der Waals surface area contributed by atoms with Crippen LogP contribution in [-0.4, -0.2) is 19.9 Å². The first-order valence-corrected chi connectivity index (χ1v) is 9.66. The lowest BCUT2D eigenvalue weighted by Gasteiger charge is -2.24. The molecule has 0 bridgehead atoms. The van der Waals surface area contributed by atoms with Crippen LogP contribution in [0.25, 0.3) is 0 Å². The number of sulfonamides is 1. The molecule has 0 saturated heterocycles. The van der Waals surface area contributed by atoms with Crippen LogP contribution in [-0.2, 0) is 16.4 Å². The van der Waals surface area contributed by atoms with Crippen LogP contribution in [0.4, 0.5) is 10.1 Å². The molecule has 26 heavy (non-hydrogen) atoms. The third-order valence-corrected chi connectivity index (χ3v) is 5.86. The number of aromatic nitrogens is 1. The number of pyridine rings is 1. The van der Waals surface area contributed by atoms with Gasteiger partial charge in [0.1, 0.15) is 5.82 Å². The molecule has 0 N–H and O–H groups in total. The van der Waals surface area contributed by atoms with E-state index in [-0.39, 0.29) is 11.4 Å². The van der Waals surface area contributed by atoms with Gasteiger partial charge in [0.25, 0.3) is 10.0 Å². The molecule has 2 aromatic carbocycles. The normalized spacial score (nSPS) is 11.3. The minimum absolute atomic E-state index is 0.202. The summed E-state index contributed by atoms with van der Waals surface area (Å²) in [5.41, 5.74) is 2.19. The van der Waals surface area contributed by atoms with E-state index in [1.54, 1.807) is 30.5 Å². The fourth-order valence-electron chi connectivity index (χ4n) is 2.59. The number of aryl methyl sites for hydroxylation is 1. The van der Waals surface area contributed by atoms with Gasteiger partial charge >= 0.3 is 0 Å². The second kappa shape index (κ2) is 7.66. The van der Waals surface area contributed by atoms with Gasteiger partial charge in [-0.1, -0.05) is 23.8 Å². The second-order valence-corrected chi connectivity index (χ2v) is 7.80. The Balaban J connectivity index is 1.96. The first-order valence-electron chi connectivity index (χ1n) is 8.22. The van der Waals surface area contributed by atoms with Crippen LogP contribution >= 0.6 is 0 Å². The molecular weight excluding hydrogens is 351 g/mol. The van der Waals surface area contributed by atoms with Crippen molar-refractivity contribution >= 4 is 15.7 Å². The number of hydrogen-bond donors (Lipinski definition) is 0. The van der Waals surface area contributed by atoms with Crippen LogP contribution in [0, 0.1) is 12.7 Å². The lowest BCUT2D eigenvalue weighted by atomic mass is 10.2. The van der Waals surface area contributed by atoms with E-state index in [1.807, 2.05) is 25.1 Å². The van der Waals surface area contributed by atoms with Crippen molar-refractivity contribution in [3.05, 3.63) is 90.0 Å². The predicted molar refractivity (Wildman–Crippen MR) is 100 cm³/mol. The van der Waals surface area contributed by atoms with Crippen molar-refractivity contribution in [3.8, 4) is 0 Å². The van der Waals surface area contributed by atoms with Crippen LogP contribution in [0.3, 0.4) is 0 Å². The van der Waals surface area contributed by atoms with Crippen LogP contribution in [0.5, 0.6) is 0 Å². The maximum Gasteiger partial charge on any atom is 0.264 e. The summed E-state index contributed by atoms with van der Waals surface area (Å²) in [5.74, 6) is -0.411. The molecule has 3 aromatic rings. The molecular formula is C20H19FN2O2S. The van der Waals surface area contributed by atoms with Crippen LogP contribution < -0.4 is 4.31 Å². The Morgan fingerprint density at radius 3 is 2.27 bits per heavy atom. The Hall–Kier alpha value is -2.73. The molecule has 4 nitrogen and oxygen atoms in total. The Morgan fingerprint density at radius 2 is 1.65 bits per heavy atom. The fourth-order valence-corrected chi connectivity index (χ4v) is 4.06. The Morgan fingerprint density at radius 1 is 0.962 bits per heavy atom. The fraction of sp³-hybridized carbons (Fsp3) is 0.150. The van der Waals surface area contributed by atoms with Gasteiger partial charge in [-0.2, -0.15) is 0 Å². The highest BCUT2D eigenvalue weighted by Gasteiger charge is 2.25. The molecule has 1 aromatic heterocycles. The molecule has 3 rings (SSSR count). The number of anilines is 1. The third-order valence-electron chi connectivity index (χ3n) is 4.02. The lowest BCUT2D eigenvalue weighted by molar-refractivity contribution is 0.590. The number of hydrogen-bond acceptors (Lipinski definition) is 3. The molecule has 1 heterocycles. The number of rotatable bonds is 6. The molecule has 6 heteroatoms. The zero-order valence-electron chi connectivity index (χ0n) is 14.3. The topological polar surface area (TPSA) is 50.3 Å². The van der Waals surface area contributed by atoms with E-state index in [0.717, 1.165) is 11.3 Å². The van der Waals surface area contributed by atoms with E-state index in [9.17, 15) is 12.8 Å². The SMILES string of the molecule is Cc1ccc(S(=O)(=O)N(CCc2ccccn2)c2ccc(F)cc2)cc1. The van der Waals surface area contributed by atoms with Gasteiger partial charge in [-0.25, -0.2) is 12.8 Å². The highest BCUT2D eigenvalue weighted by Crippen LogP contribution is 2.24. The smallest absolute Gasteiger partial charge is 0.264 e. The summed E-state index contributed by atoms with van der Waals surface area (Å²) in [7, 11) is -3.77. The standard InChI is InChI=1S/C20H19FN2O2S/c1-16-5-11-20(12-6-16)26(24,25)23(19-9-7-17(21)8-10-19)15-13-18-4-2-3-14-22-18/h2-12,14H,13,15H2,1H3. The quantitative estimate of drug-likeness (QED) is 0.660. The summed E-state index contributed by atoms with van der Waals surface area (Å²) >= 11 is 0. The monoisotopic (exact) mass is 370 g/mol. The van der Waals surface area contributed by atoms with Crippen LogP contribution in [0.15, 0.2) is 77.8 Å². The van der Waals surface area contributed by atoms with Gasteiger partial charge < -0.3 is 0 Å².